The first-order valence-electron chi connectivity index (χ1n) is 19.6. The Labute approximate surface area is 327 Å². The highest BCUT2D eigenvalue weighted by Crippen LogP contribution is 2.47. The molecule has 8 heteroatoms. The molecule has 0 saturated heterocycles. The monoisotopic (exact) mass is 729 g/mol. The maximum atomic E-state index is 7.38. The molecule has 4 aliphatic heterocycles. The number of rotatable bonds is 1. The summed E-state index contributed by atoms with van der Waals surface area (Å²) >= 11 is 0. The number of aromatic nitrogens is 2. The number of para-hydroxylation sites is 7. The van der Waals surface area contributed by atoms with Crippen LogP contribution in [0.15, 0.2) is 158 Å². The van der Waals surface area contributed by atoms with Gasteiger partial charge in [0.25, 0.3) is 0 Å². The lowest BCUT2D eigenvalue weighted by Crippen LogP contribution is -2.58. The standard InChI is InChI=1S/C49H29B2N3O3/c1-28-46-34(27-35-49(28)55-43-26-24-33-31-16-6-8-18-37(31)54-39-20-10-12-22-42(39)57-51(35)45(43)48(33)54)50-44-40(52(46)29-13-3-2-4-14-29)25-23-32-30-15-5-7-17-36(30)53(47(32)44)38-19-9-11-21-41(38)56-50/h2-27H,1H3. The molecule has 6 nitrogen and oxygen atoms in total. The Kier molecular flexibility index (Phi) is 5.52. The number of fused-ring (bicyclic) bond motifs is 14. The van der Waals surface area contributed by atoms with E-state index >= 15 is 0 Å². The third-order valence-electron chi connectivity index (χ3n) is 12.7. The van der Waals surface area contributed by atoms with E-state index in [1.54, 1.807) is 0 Å². The Hall–Kier alpha value is -7.31. The van der Waals surface area contributed by atoms with Crippen LogP contribution in [0.4, 0.5) is 17.1 Å². The fourth-order valence-corrected chi connectivity index (χ4v) is 10.5. The van der Waals surface area contributed by atoms with Gasteiger partial charge >= 0.3 is 13.8 Å². The molecule has 8 aromatic carbocycles. The fourth-order valence-electron chi connectivity index (χ4n) is 10.5. The van der Waals surface area contributed by atoms with Crippen LogP contribution in [0.1, 0.15) is 5.56 Å². The van der Waals surface area contributed by atoms with Gasteiger partial charge in [-0.15, -0.1) is 0 Å². The lowest BCUT2D eigenvalue weighted by molar-refractivity contribution is 0.478. The Balaban J connectivity index is 1.11. The first-order valence-corrected chi connectivity index (χ1v) is 19.6. The summed E-state index contributed by atoms with van der Waals surface area (Å²) in [7, 11) is 0. The first kappa shape index (κ1) is 30.0. The van der Waals surface area contributed by atoms with E-state index in [0.717, 1.165) is 101 Å². The SMILES string of the molecule is Cc1c2c(cc3c1N(c1ccccc1)c1ccc4c5ccccc5n5c4c1B3Oc1ccccc1-5)B1Oc3ccccc3-n3c4ccccc4c4ccc(c1c43)O2. The second kappa shape index (κ2) is 10.5. The molecule has 2 aromatic heterocycles. The van der Waals surface area contributed by atoms with E-state index in [4.69, 9.17) is 14.0 Å². The Morgan fingerprint density at radius 2 is 1.02 bits per heavy atom. The maximum absolute atomic E-state index is 7.38. The van der Waals surface area contributed by atoms with E-state index in [1.165, 1.54) is 21.5 Å². The summed E-state index contributed by atoms with van der Waals surface area (Å²) in [4.78, 5) is 2.42. The summed E-state index contributed by atoms with van der Waals surface area (Å²) < 4.78 is 26.6. The summed E-state index contributed by atoms with van der Waals surface area (Å²) in [5.74, 6) is 3.31. The van der Waals surface area contributed by atoms with Crippen LogP contribution in [0.2, 0.25) is 0 Å². The van der Waals surface area contributed by atoms with Gasteiger partial charge in [-0.05, 0) is 79.1 Å². The van der Waals surface area contributed by atoms with E-state index in [-0.39, 0.29) is 0 Å². The minimum atomic E-state index is -0.435. The minimum Gasteiger partial charge on any atom is -0.550 e. The quantitative estimate of drug-likeness (QED) is 0.158. The fraction of sp³-hybridized carbons (Fsp3) is 0.0204. The van der Waals surface area contributed by atoms with Crippen LogP contribution in [0.5, 0.6) is 23.0 Å². The zero-order chi connectivity index (χ0) is 37.1. The topological polar surface area (TPSA) is 40.8 Å². The molecular weight excluding hydrogens is 700 g/mol. The van der Waals surface area contributed by atoms with Crippen molar-refractivity contribution in [3.05, 3.63) is 163 Å². The maximum Gasteiger partial charge on any atom is 0.436 e. The van der Waals surface area contributed by atoms with Crippen molar-refractivity contribution in [2.45, 2.75) is 6.92 Å². The largest absolute Gasteiger partial charge is 0.550 e. The van der Waals surface area contributed by atoms with Crippen LogP contribution in [-0.2, 0) is 0 Å². The molecule has 0 fully saturated rings. The molecule has 0 saturated carbocycles. The van der Waals surface area contributed by atoms with Crippen molar-refractivity contribution in [1.82, 2.24) is 9.13 Å². The molecule has 0 atom stereocenters. The Morgan fingerprint density at radius 1 is 0.456 bits per heavy atom. The van der Waals surface area contributed by atoms with Gasteiger partial charge in [0.15, 0.2) is 0 Å². The van der Waals surface area contributed by atoms with Crippen LogP contribution >= 0.6 is 0 Å². The lowest BCUT2D eigenvalue weighted by Gasteiger charge is -2.39. The zero-order valence-corrected chi connectivity index (χ0v) is 30.7. The lowest BCUT2D eigenvalue weighted by atomic mass is 9.47. The normalized spacial score (nSPS) is 14.0. The van der Waals surface area contributed by atoms with Crippen molar-refractivity contribution < 1.29 is 14.0 Å². The summed E-state index contributed by atoms with van der Waals surface area (Å²) in [6, 6.07) is 56.2. The van der Waals surface area contributed by atoms with Crippen molar-refractivity contribution in [2.75, 3.05) is 4.90 Å². The van der Waals surface area contributed by atoms with Gasteiger partial charge in [-0.25, -0.2) is 0 Å². The molecule has 0 spiro atoms. The van der Waals surface area contributed by atoms with Gasteiger partial charge in [-0.1, -0.05) is 91.0 Å². The molecule has 0 bridgehead atoms. The Bertz CT molecular complexity index is 3440. The molecule has 57 heavy (non-hydrogen) atoms. The molecule has 0 radical (unpaired) electrons. The van der Waals surface area contributed by atoms with Crippen molar-refractivity contribution in [2.24, 2.45) is 0 Å². The molecule has 0 unspecified atom stereocenters. The van der Waals surface area contributed by atoms with Gasteiger partial charge in [0.2, 0.25) is 0 Å². The number of nitrogens with zero attached hydrogens (tertiary/aromatic N) is 3. The highest BCUT2D eigenvalue weighted by molar-refractivity contribution is 6.88. The number of anilines is 3. The second-order valence-corrected chi connectivity index (χ2v) is 15.5. The molecule has 0 aliphatic carbocycles. The van der Waals surface area contributed by atoms with E-state index < -0.39 is 13.8 Å². The van der Waals surface area contributed by atoms with E-state index in [9.17, 15) is 0 Å². The van der Waals surface area contributed by atoms with Gasteiger partial charge in [0.1, 0.15) is 23.0 Å². The van der Waals surface area contributed by atoms with Crippen LogP contribution in [0, 0.1) is 6.92 Å². The number of benzene rings is 8. The number of ether oxygens (including phenoxy) is 1. The molecule has 0 N–H and O–H groups in total. The van der Waals surface area contributed by atoms with Gasteiger partial charge in [0.05, 0.1) is 39.1 Å². The van der Waals surface area contributed by atoms with Gasteiger partial charge in [-0.3, -0.25) is 0 Å². The zero-order valence-electron chi connectivity index (χ0n) is 30.7. The second-order valence-electron chi connectivity index (χ2n) is 15.5. The van der Waals surface area contributed by atoms with E-state index in [0.29, 0.717) is 0 Å². The van der Waals surface area contributed by atoms with Crippen molar-refractivity contribution >= 4 is 96.4 Å². The summed E-state index contributed by atoms with van der Waals surface area (Å²) in [5.41, 5.74) is 15.1. The average Bonchev–Trinajstić information content (AvgIpc) is 3.65. The summed E-state index contributed by atoms with van der Waals surface area (Å²) in [6.45, 7) is 1.34. The molecule has 4 aliphatic rings. The van der Waals surface area contributed by atoms with Gasteiger partial charge in [0, 0.05) is 54.9 Å². The Morgan fingerprint density at radius 3 is 1.70 bits per heavy atom. The van der Waals surface area contributed by atoms with E-state index in [2.05, 4.69) is 179 Å². The van der Waals surface area contributed by atoms with E-state index in [1.807, 2.05) is 0 Å². The first-order chi connectivity index (χ1) is 28.2. The van der Waals surface area contributed by atoms with Crippen molar-refractivity contribution in [3.8, 4) is 34.4 Å². The molecule has 264 valence electrons. The van der Waals surface area contributed by atoms with Crippen LogP contribution in [0.25, 0.3) is 55.0 Å². The van der Waals surface area contributed by atoms with Crippen molar-refractivity contribution in [3.63, 3.8) is 0 Å². The predicted molar refractivity (Wildman–Crippen MR) is 232 cm³/mol. The summed E-state index contributed by atoms with van der Waals surface area (Å²) in [5, 5.41) is 4.81. The predicted octanol–water partition coefficient (Wildman–Crippen LogP) is 9.07. The van der Waals surface area contributed by atoms with Gasteiger partial charge in [-0.2, -0.15) is 0 Å². The summed E-state index contributed by atoms with van der Waals surface area (Å²) in [6.07, 6.45) is 0. The van der Waals surface area contributed by atoms with Crippen LogP contribution < -0.4 is 40.8 Å². The third kappa shape index (κ3) is 3.64. The van der Waals surface area contributed by atoms with Gasteiger partial charge < -0.3 is 28.1 Å². The highest BCUT2D eigenvalue weighted by atomic mass is 16.5. The average molecular weight is 729 g/mol. The molecule has 10 aromatic rings. The highest BCUT2D eigenvalue weighted by Gasteiger charge is 2.48. The molecule has 6 heterocycles. The molecule has 0 amide bonds. The smallest absolute Gasteiger partial charge is 0.436 e. The van der Waals surface area contributed by atoms with Crippen LogP contribution in [-0.4, -0.2) is 23.0 Å². The third-order valence-corrected chi connectivity index (χ3v) is 12.7. The number of hydrogen-bond acceptors (Lipinski definition) is 4. The number of hydrogen-bond donors (Lipinski definition) is 0. The molecular formula is C49H29B2N3O3. The minimum absolute atomic E-state index is 0.420. The molecule has 14 rings (SSSR count). The van der Waals surface area contributed by atoms with Crippen LogP contribution in [0.3, 0.4) is 0 Å². The van der Waals surface area contributed by atoms with Crippen molar-refractivity contribution in [1.29, 1.82) is 0 Å².